The molecule has 0 aliphatic rings. The third kappa shape index (κ3) is 3.50. The van der Waals surface area contributed by atoms with Crippen LogP contribution in [0.5, 0.6) is 0 Å². The summed E-state index contributed by atoms with van der Waals surface area (Å²) in [6.45, 7) is 0. The van der Waals surface area contributed by atoms with E-state index in [9.17, 15) is 4.39 Å². The number of hydrogen-bond donors (Lipinski definition) is 0. The molecule has 0 spiro atoms. The predicted octanol–water partition coefficient (Wildman–Crippen LogP) is 6.77. The molecular formula is C26H17FN2. The van der Waals surface area contributed by atoms with E-state index in [1.165, 1.54) is 12.1 Å². The third-order valence-corrected chi connectivity index (χ3v) is 5.04. The largest absolute Gasteiger partial charge is 0.256 e. The van der Waals surface area contributed by atoms with E-state index in [0.717, 1.165) is 44.4 Å². The van der Waals surface area contributed by atoms with Crippen molar-refractivity contribution in [2.45, 2.75) is 0 Å². The van der Waals surface area contributed by atoms with Crippen LogP contribution in [0.3, 0.4) is 0 Å². The number of pyridine rings is 2. The second kappa shape index (κ2) is 7.28. The molecule has 0 radical (unpaired) electrons. The molecule has 0 aliphatic heterocycles. The Labute approximate surface area is 168 Å². The van der Waals surface area contributed by atoms with E-state index in [1.54, 1.807) is 18.3 Å². The zero-order valence-electron chi connectivity index (χ0n) is 15.6. The van der Waals surface area contributed by atoms with Crippen molar-refractivity contribution >= 4 is 10.9 Å². The monoisotopic (exact) mass is 376 g/mol. The SMILES string of the molecule is Fc1ccc(-c2ccc3cc(-c4ccc(-c5ccccn5)cc4)cnc3c2)cc1. The molecule has 5 aromatic rings. The van der Waals surface area contributed by atoms with Crippen molar-refractivity contribution in [2.75, 3.05) is 0 Å². The van der Waals surface area contributed by atoms with E-state index in [0.29, 0.717) is 0 Å². The molecule has 0 atom stereocenters. The first-order valence-corrected chi connectivity index (χ1v) is 9.44. The maximum absolute atomic E-state index is 13.2. The van der Waals surface area contributed by atoms with Crippen molar-refractivity contribution < 1.29 is 4.39 Å². The van der Waals surface area contributed by atoms with Crippen LogP contribution in [0.15, 0.2) is 103 Å². The molecule has 2 heterocycles. The van der Waals surface area contributed by atoms with E-state index in [4.69, 9.17) is 0 Å². The lowest BCUT2D eigenvalue weighted by atomic mass is 10.0. The zero-order chi connectivity index (χ0) is 19.6. The highest BCUT2D eigenvalue weighted by molar-refractivity contribution is 5.87. The minimum atomic E-state index is -0.230. The first kappa shape index (κ1) is 17.3. The van der Waals surface area contributed by atoms with Crippen LogP contribution >= 0.6 is 0 Å². The van der Waals surface area contributed by atoms with Gasteiger partial charge in [0.05, 0.1) is 11.2 Å². The summed E-state index contributed by atoms with van der Waals surface area (Å²) in [7, 11) is 0. The van der Waals surface area contributed by atoms with Gasteiger partial charge in [0.2, 0.25) is 0 Å². The van der Waals surface area contributed by atoms with Gasteiger partial charge in [-0.2, -0.15) is 0 Å². The highest BCUT2D eigenvalue weighted by atomic mass is 19.1. The van der Waals surface area contributed by atoms with Gasteiger partial charge in [0.1, 0.15) is 5.82 Å². The molecule has 2 nitrogen and oxygen atoms in total. The molecule has 0 aliphatic carbocycles. The van der Waals surface area contributed by atoms with Crippen molar-refractivity contribution in [3.05, 3.63) is 109 Å². The number of benzene rings is 3. The maximum Gasteiger partial charge on any atom is 0.123 e. The lowest BCUT2D eigenvalue weighted by Gasteiger charge is -2.07. The molecule has 0 saturated carbocycles. The quantitative estimate of drug-likeness (QED) is 0.347. The number of halogens is 1. The van der Waals surface area contributed by atoms with Gasteiger partial charge in [-0.3, -0.25) is 9.97 Å². The predicted molar refractivity (Wildman–Crippen MR) is 116 cm³/mol. The van der Waals surface area contributed by atoms with Gasteiger partial charge in [-0.05, 0) is 53.1 Å². The second-order valence-corrected chi connectivity index (χ2v) is 6.93. The Morgan fingerprint density at radius 1 is 0.552 bits per heavy atom. The molecule has 3 heteroatoms. The number of rotatable bonds is 3. The Hall–Kier alpha value is -3.85. The summed E-state index contributed by atoms with van der Waals surface area (Å²) in [6.07, 6.45) is 3.70. The molecule has 5 rings (SSSR count). The van der Waals surface area contributed by atoms with Gasteiger partial charge in [0, 0.05) is 28.9 Å². The van der Waals surface area contributed by atoms with E-state index in [-0.39, 0.29) is 5.82 Å². The molecule has 0 saturated heterocycles. The normalized spacial score (nSPS) is 10.9. The topological polar surface area (TPSA) is 25.8 Å². The van der Waals surface area contributed by atoms with Crippen LogP contribution in [0.4, 0.5) is 4.39 Å². The fourth-order valence-electron chi connectivity index (χ4n) is 3.47. The Kier molecular flexibility index (Phi) is 4.34. The fraction of sp³-hybridized carbons (Fsp3) is 0. The van der Waals surface area contributed by atoms with Crippen LogP contribution in [0.1, 0.15) is 0 Å². The number of hydrogen-bond acceptors (Lipinski definition) is 2. The zero-order valence-corrected chi connectivity index (χ0v) is 15.6. The maximum atomic E-state index is 13.2. The molecule has 0 unspecified atom stereocenters. The van der Waals surface area contributed by atoms with Crippen molar-refractivity contribution in [1.29, 1.82) is 0 Å². The molecule has 0 N–H and O–H groups in total. The highest BCUT2D eigenvalue weighted by Crippen LogP contribution is 2.28. The van der Waals surface area contributed by atoms with Crippen LogP contribution in [0.2, 0.25) is 0 Å². The van der Waals surface area contributed by atoms with Crippen molar-refractivity contribution in [3.8, 4) is 33.5 Å². The summed E-state index contributed by atoms with van der Waals surface area (Å²) in [5.74, 6) is -0.230. The van der Waals surface area contributed by atoms with Crippen molar-refractivity contribution in [2.24, 2.45) is 0 Å². The molecule has 0 bridgehead atoms. The van der Waals surface area contributed by atoms with Crippen LogP contribution in [-0.4, -0.2) is 9.97 Å². The standard InChI is InChI=1S/C26H17FN2/c27-24-12-10-18(11-13-24)21-8-9-22-15-23(17-29-26(22)16-21)19-4-6-20(7-5-19)25-3-1-2-14-28-25/h1-17H. The van der Waals surface area contributed by atoms with Crippen molar-refractivity contribution in [1.82, 2.24) is 9.97 Å². The molecule has 138 valence electrons. The fourth-order valence-corrected chi connectivity index (χ4v) is 3.47. The van der Waals surface area contributed by atoms with Gasteiger partial charge in [0.15, 0.2) is 0 Å². The Morgan fingerprint density at radius 2 is 1.24 bits per heavy atom. The summed E-state index contributed by atoms with van der Waals surface area (Å²) in [5, 5.41) is 1.07. The van der Waals surface area contributed by atoms with Gasteiger partial charge < -0.3 is 0 Å². The summed E-state index contributed by atoms with van der Waals surface area (Å²) in [5.41, 5.74) is 7.15. The van der Waals surface area contributed by atoms with Gasteiger partial charge >= 0.3 is 0 Å². The van der Waals surface area contributed by atoms with E-state index in [1.807, 2.05) is 36.5 Å². The van der Waals surface area contributed by atoms with Crippen molar-refractivity contribution in [3.63, 3.8) is 0 Å². The van der Waals surface area contributed by atoms with Crippen LogP contribution < -0.4 is 0 Å². The van der Waals surface area contributed by atoms with Gasteiger partial charge in [-0.1, -0.05) is 54.6 Å². The molecular weight excluding hydrogens is 359 g/mol. The van der Waals surface area contributed by atoms with E-state index in [2.05, 4.69) is 46.4 Å². The number of fused-ring (bicyclic) bond motifs is 1. The average Bonchev–Trinajstić information content (AvgIpc) is 2.80. The molecule has 0 fully saturated rings. The molecule has 0 amide bonds. The van der Waals surface area contributed by atoms with Crippen LogP contribution in [-0.2, 0) is 0 Å². The molecule has 2 aromatic heterocycles. The number of nitrogens with zero attached hydrogens (tertiary/aromatic N) is 2. The lowest BCUT2D eigenvalue weighted by molar-refractivity contribution is 0.628. The molecule has 29 heavy (non-hydrogen) atoms. The molecule has 3 aromatic carbocycles. The third-order valence-electron chi connectivity index (χ3n) is 5.04. The summed E-state index contributed by atoms with van der Waals surface area (Å²) in [4.78, 5) is 9.05. The Balaban J connectivity index is 1.47. The van der Waals surface area contributed by atoms with E-state index < -0.39 is 0 Å². The first-order valence-electron chi connectivity index (χ1n) is 9.44. The lowest BCUT2D eigenvalue weighted by Crippen LogP contribution is -1.86. The van der Waals surface area contributed by atoms with Gasteiger partial charge in [-0.25, -0.2) is 4.39 Å². The van der Waals surface area contributed by atoms with Gasteiger partial charge in [-0.15, -0.1) is 0 Å². The minimum absolute atomic E-state index is 0.230. The van der Waals surface area contributed by atoms with E-state index >= 15 is 0 Å². The Morgan fingerprint density at radius 3 is 2.00 bits per heavy atom. The van der Waals surface area contributed by atoms with Crippen LogP contribution in [0, 0.1) is 5.82 Å². The summed E-state index contributed by atoms with van der Waals surface area (Å²) >= 11 is 0. The minimum Gasteiger partial charge on any atom is -0.256 e. The highest BCUT2D eigenvalue weighted by Gasteiger charge is 2.05. The van der Waals surface area contributed by atoms with Crippen LogP contribution in [0.25, 0.3) is 44.4 Å². The second-order valence-electron chi connectivity index (χ2n) is 6.93. The Bertz CT molecular complexity index is 1280. The smallest absolute Gasteiger partial charge is 0.123 e. The first-order chi connectivity index (χ1) is 14.3. The average molecular weight is 376 g/mol. The summed E-state index contributed by atoms with van der Waals surface area (Å²) in [6, 6.07) is 29.1. The van der Waals surface area contributed by atoms with Gasteiger partial charge in [0.25, 0.3) is 0 Å². The number of aromatic nitrogens is 2. The summed E-state index contributed by atoms with van der Waals surface area (Å²) < 4.78 is 13.2.